The van der Waals surface area contributed by atoms with Crippen LogP contribution in [-0.2, 0) is 11.0 Å². The van der Waals surface area contributed by atoms with Gasteiger partial charge in [-0.05, 0) is 58.0 Å². The summed E-state index contributed by atoms with van der Waals surface area (Å²) in [6, 6.07) is 34.5. The Morgan fingerprint density at radius 1 is 0.649 bits per heavy atom. The Kier molecular flexibility index (Phi) is 5.09. The van der Waals surface area contributed by atoms with Gasteiger partial charge < -0.3 is 4.74 Å². The van der Waals surface area contributed by atoms with Gasteiger partial charge in [-0.1, -0.05) is 125 Å². The highest BCUT2D eigenvalue weighted by Crippen LogP contribution is 2.57. The molecule has 7 rings (SSSR count). The van der Waals surface area contributed by atoms with Crippen LogP contribution in [0.3, 0.4) is 0 Å². The van der Waals surface area contributed by atoms with Crippen molar-refractivity contribution < 1.29 is 4.74 Å². The maximum Gasteiger partial charge on any atom is 0.178 e. The van der Waals surface area contributed by atoms with Crippen molar-refractivity contribution in [2.75, 3.05) is 0 Å². The average Bonchev–Trinajstić information content (AvgIpc) is 3.17. The van der Waals surface area contributed by atoms with Crippen LogP contribution in [0.2, 0.25) is 0 Å². The second-order valence-corrected chi connectivity index (χ2v) is 12.2. The second kappa shape index (κ2) is 8.18. The van der Waals surface area contributed by atoms with Crippen molar-refractivity contribution in [3.8, 4) is 16.9 Å². The minimum atomic E-state index is -0.749. The SMILES string of the molecule is CC1(C)c2ccccc2-c2c1c1c(c3ccccc23)OC(c2ccc(Br)cc2)(c2ccc(Br)cc2)C=C1. The lowest BCUT2D eigenvalue weighted by molar-refractivity contribution is 0.163. The zero-order chi connectivity index (χ0) is 25.4. The zero-order valence-electron chi connectivity index (χ0n) is 20.6. The second-order valence-electron chi connectivity index (χ2n) is 10.4. The Bertz CT molecular complexity index is 1680. The smallest absolute Gasteiger partial charge is 0.178 e. The molecule has 1 aliphatic carbocycles. The molecule has 1 heterocycles. The van der Waals surface area contributed by atoms with Gasteiger partial charge in [-0.3, -0.25) is 0 Å². The summed E-state index contributed by atoms with van der Waals surface area (Å²) in [6.45, 7) is 4.68. The van der Waals surface area contributed by atoms with E-state index < -0.39 is 5.60 Å². The molecule has 37 heavy (non-hydrogen) atoms. The molecule has 0 saturated carbocycles. The van der Waals surface area contributed by atoms with Crippen molar-refractivity contribution in [1.29, 1.82) is 0 Å². The molecule has 1 aliphatic heterocycles. The third kappa shape index (κ3) is 3.27. The van der Waals surface area contributed by atoms with Crippen LogP contribution in [0.4, 0.5) is 0 Å². The summed E-state index contributed by atoms with van der Waals surface area (Å²) in [5.74, 6) is 0.948. The fourth-order valence-corrected chi connectivity index (χ4v) is 6.80. The van der Waals surface area contributed by atoms with E-state index in [1.165, 1.54) is 33.2 Å². The van der Waals surface area contributed by atoms with Crippen LogP contribution < -0.4 is 4.74 Å². The summed E-state index contributed by atoms with van der Waals surface area (Å²) in [4.78, 5) is 0. The minimum Gasteiger partial charge on any atom is -0.472 e. The molecular weight excluding hydrogens is 584 g/mol. The quantitative estimate of drug-likeness (QED) is 0.194. The number of hydrogen-bond donors (Lipinski definition) is 0. The van der Waals surface area contributed by atoms with Crippen LogP contribution in [0.25, 0.3) is 28.0 Å². The van der Waals surface area contributed by atoms with E-state index in [9.17, 15) is 0 Å². The van der Waals surface area contributed by atoms with Crippen LogP contribution >= 0.6 is 31.9 Å². The molecule has 0 radical (unpaired) electrons. The fourth-order valence-electron chi connectivity index (χ4n) is 6.27. The van der Waals surface area contributed by atoms with Crippen LogP contribution in [0, 0.1) is 0 Å². The largest absolute Gasteiger partial charge is 0.472 e. The number of fused-ring (bicyclic) bond motifs is 8. The maximum absolute atomic E-state index is 7.28. The summed E-state index contributed by atoms with van der Waals surface area (Å²) < 4.78 is 9.38. The van der Waals surface area contributed by atoms with Crippen molar-refractivity contribution in [3.05, 3.63) is 140 Å². The standard InChI is InChI=1S/C34H24Br2O/c1-33(2)29-10-6-5-9-27(29)30-25-7-3-4-8-26(25)32-28(31(30)33)19-20-34(37-32,21-11-15-23(35)16-12-21)22-13-17-24(36)18-14-22/h3-20H,1-2H3. The molecule has 0 bridgehead atoms. The van der Waals surface area contributed by atoms with E-state index in [0.29, 0.717) is 0 Å². The number of halogens is 2. The Morgan fingerprint density at radius 3 is 1.86 bits per heavy atom. The summed E-state index contributed by atoms with van der Waals surface area (Å²) in [5, 5.41) is 2.39. The van der Waals surface area contributed by atoms with E-state index in [1.54, 1.807) is 0 Å². The summed E-state index contributed by atoms with van der Waals surface area (Å²) in [7, 11) is 0. The van der Waals surface area contributed by atoms with Crippen molar-refractivity contribution in [1.82, 2.24) is 0 Å². The van der Waals surface area contributed by atoms with Crippen LogP contribution in [-0.4, -0.2) is 0 Å². The molecule has 180 valence electrons. The zero-order valence-corrected chi connectivity index (χ0v) is 23.7. The van der Waals surface area contributed by atoms with E-state index >= 15 is 0 Å². The van der Waals surface area contributed by atoms with E-state index in [1.807, 2.05) is 0 Å². The molecule has 0 atom stereocenters. The van der Waals surface area contributed by atoms with E-state index in [0.717, 1.165) is 31.2 Å². The highest BCUT2D eigenvalue weighted by molar-refractivity contribution is 9.10. The number of rotatable bonds is 2. The monoisotopic (exact) mass is 606 g/mol. The lowest BCUT2D eigenvalue weighted by atomic mass is 9.77. The van der Waals surface area contributed by atoms with Crippen molar-refractivity contribution >= 4 is 48.7 Å². The molecule has 5 aromatic carbocycles. The summed E-state index contributed by atoms with van der Waals surface area (Å²) in [6.07, 6.45) is 4.55. The van der Waals surface area contributed by atoms with E-state index in [2.05, 4.69) is 155 Å². The van der Waals surface area contributed by atoms with Gasteiger partial charge in [-0.25, -0.2) is 0 Å². The minimum absolute atomic E-state index is 0.136. The molecule has 0 saturated heterocycles. The lowest BCUT2D eigenvalue weighted by Gasteiger charge is -2.38. The number of benzene rings is 5. The van der Waals surface area contributed by atoms with Gasteiger partial charge in [0.15, 0.2) is 5.60 Å². The van der Waals surface area contributed by atoms with Crippen LogP contribution in [0.5, 0.6) is 5.75 Å². The van der Waals surface area contributed by atoms with Gasteiger partial charge in [0.25, 0.3) is 0 Å². The van der Waals surface area contributed by atoms with Gasteiger partial charge in [-0.2, -0.15) is 0 Å². The molecule has 3 heteroatoms. The van der Waals surface area contributed by atoms with E-state index in [4.69, 9.17) is 4.74 Å². The first-order chi connectivity index (χ1) is 17.9. The Morgan fingerprint density at radius 2 is 1.22 bits per heavy atom. The first kappa shape index (κ1) is 23.0. The van der Waals surface area contributed by atoms with Gasteiger partial charge in [0, 0.05) is 36.4 Å². The van der Waals surface area contributed by atoms with Crippen molar-refractivity contribution in [3.63, 3.8) is 0 Å². The predicted molar refractivity (Wildman–Crippen MR) is 160 cm³/mol. The molecule has 0 fully saturated rings. The molecule has 0 unspecified atom stereocenters. The molecular formula is C34H24Br2O. The van der Waals surface area contributed by atoms with Gasteiger partial charge in [0.05, 0.1) is 0 Å². The van der Waals surface area contributed by atoms with Crippen molar-refractivity contribution in [2.24, 2.45) is 0 Å². The Labute approximate surface area is 234 Å². The molecule has 0 amide bonds. The Balaban J connectivity index is 1.56. The molecule has 5 aromatic rings. The molecule has 0 spiro atoms. The summed E-state index contributed by atoms with van der Waals surface area (Å²) in [5.41, 5.74) is 7.85. The lowest BCUT2D eigenvalue weighted by Crippen LogP contribution is -2.35. The maximum atomic E-state index is 7.28. The van der Waals surface area contributed by atoms with Gasteiger partial charge in [0.1, 0.15) is 5.75 Å². The predicted octanol–water partition coefficient (Wildman–Crippen LogP) is 10.0. The van der Waals surface area contributed by atoms with Crippen LogP contribution in [0.1, 0.15) is 41.7 Å². The highest BCUT2D eigenvalue weighted by atomic mass is 79.9. The highest BCUT2D eigenvalue weighted by Gasteiger charge is 2.44. The number of ether oxygens (including phenoxy) is 1. The van der Waals surface area contributed by atoms with Crippen molar-refractivity contribution in [2.45, 2.75) is 24.9 Å². The fraction of sp³-hybridized carbons (Fsp3) is 0.118. The number of hydrogen-bond acceptors (Lipinski definition) is 1. The first-order valence-corrected chi connectivity index (χ1v) is 14.1. The molecule has 0 aromatic heterocycles. The van der Waals surface area contributed by atoms with Gasteiger partial charge >= 0.3 is 0 Å². The average molecular weight is 608 g/mol. The third-order valence-corrected chi connectivity index (χ3v) is 9.05. The molecule has 0 N–H and O–H groups in total. The van der Waals surface area contributed by atoms with Crippen LogP contribution in [0.15, 0.2) is 112 Å². The normalized spacial score (nSPS) is 16.1. The molecule has 1 nitrogen and oxygen atoms in total. The van der Waals surface area contributed by atoms with Gasteiger partial charge in [0.2, 0.25) is 0 Å². The molecule has 2 aliphatic rings. The third-order valence-electron chi connectivity index (χ3n) is 7.99. The topological polar surface area (TPSA) is 9.23 Å². The Hall–Kier alpha value is -3.14. The van der Waals surface area contributed by atoms with E-state index in [-0.39, 0.29) is 5.41 Å². The van der Waals surface area contributed by atoms with Gasteiger partial charge in [-0.15, -0.1) is 0 Å². The summed E-state index contributed by atoms with van der Waals surface area (Å²) >= 11 is 7.21. The first-order valence-electron chi connectivity index (χ1n) is 12.5.